The smallest absolute Gasteiger partial charge is 0.138 e. The molecule has 0 amide bonds. The van der Waals surface area contributed by atoms with Gasteiger partial charge in [0.2, 0.25) is 0 Å². The highest BCUT2D eigenvalue weighted by atomic mass is 79.9. The molecule has 4 heteroatoms. The van der Waals surface area contributed by atoms with Crippen LogP contribution < -0.4 is 5.32 Å². The lowest BCUT2D eigenvalue weighted by atomic mass is 9.91. The quantitative estimate of drug-likeness (QED) is 0.820. The highest BCUT2D eigenvalue weighted by molar-refractivity contribution is 9.10. The largest absolute Gasteiger partial charge is 0.317 e. The van der Waals surface area contributed by atoms with Crippen molar-refractivity contribution in [1.29, 1.82) is 0 Å². The van der Waals surface area contributed by atoms with Crippen molar-refractivity contribution in [2.45, 2.75) is 19.3 Å². The maximum Gasteiger partial charge on any atom is 0.138 e. The summed E-state index contributed by atoms with van der Waals surface area (Å²) in [6.07, 6.45) is 3.29. The van der Waals surface area contributed by atoms with Crippen LogP contribution in [-0.2, 0) is 6.42 Å². The van der Waals surface area contributed by atoms with Crippen LogP contribution in [0.3, 0.4) is 0 Å². The Morgan fingerprint density at radius 1 is 1.38 bits per heavy atom. The van der Waals surface area contributed by atoms with Crippen molar-refractivity contribution < 1.29 is 4.39 Å². The van der Waals surface area contributed by atoms with E-state index in [1.165, 1.54) is 18.9 Å². The molecule has 0 saturated carbocycles. The molecule has 2 rings (SSSR count). The van der Waals surface area contributed by atoms with Gasteiger partial charge in [0.15, 0.2) is 0 Å². The van der Waals surface area contributed by atoms with Gasteiger partial charge in [0.05, 0.1) is 4.47 Å². The molecule has 1 heterocycles. The van der Waals surface area contributed by atoms with Gasteiger partial charge in [-0.2, -0.15) is 0 Å². The molecule has 1 aliphatic rings. The zero-order valence-electron chi connectivity index (χ0n) is 8.90. The molecule has 1 nitrogen and oxygen atoms in total. The fraction of sp³-hybridized carbons (Fsp3) is 0.500. The second-order valence-corrected chi connectivity index (χ2v) is 5.52. The summed E-state index contributed by atoms with van der Waals surface area (Å²) in [7, 11) is 0. The van der Waals surface area contributed by atoms with Crippen molar-refractivity contribution in [2.75, 3.05) is 13.1 Å². The molecule has 0 unspecified atom stereocenters. The maximum atomic E-state index is 13.2. The Labute approximate surface area is 109 Å². The standard InChI is InChI=1S/C12H14BrClFN/c13-10-6-9(11(14)7-12(10)15)5-8-1-3-16-4-2-8/h6-8,16H,1-5H2. The molecule has 0 aliphatic carbocycles. The number of hydrogen-bond acceptors (Lipinski definition) is 1. The van der Waals surface area contributed by atoms with E-state index in [1.54, 1.807) is 6.07 Å². The first-order valence-electron chi connectivity index (χ1n) is 5.51. The van der Waals surface area contributed by atoms with Crippen molar-refractivity contribution in [3.63, 3.8) is 0 Å². The second-order valence-electron chi connectivity index (χ2n) is 4.26. The molecule has 1 fully saturated rings. The lowest BCUT2D eigenvalue weighted by Gasteiger charge is -2.23. The average Bonchev–Trinajstić information content (AvgIpc) is 2.27. The number of nitrogens with one attached hydrogen (secondary N) is 1. The Bertz CT molecular complexity index is 378. The fourth-order valence-electron chi connectivity index (χ4n) is 2.12. The Hall–Kier alpha value is -0.120. The van der Waals surface area contributed by atoms with Crippen LogP contribution in [0.1, 0.15) is 18.4 Å². The minimum absolute atomic E-state index is 0.293. The first-order chi connectivity index (χ1) is 7.66. The van der Waals surface area contributed by atoms with Crippen molar-refractivity contribution in [1.82, 2.24) is 5.32 Å². The molecule has 0 spiro atoms. The molecule has 0 aromatic heterocycles. The molecule has 0 atom stereocenters. The van der Waals surface area contributed by atoms with Crippen LogP contribution in [0.25, 0.3) is 0 Å². The normalized spacial score (nSPS) is 17.7. The molecule has 1 aromatic rings. The molecule has 0 bridgehead atoms. The van der Waals surface area contributed by atoms with Crippen LogP contribution >= 0.6 is 27.5 Å². The van der Waals surface area contributed by atoms with E-state index in [1.807, 2.05) is 0 Å². The summed E-state index contributed by atoms with van der Waals surface area (Å²) in [5, 5.41) is 3.87. The van der Waals surface area contributed by atoms with E-state index in [2.05, 4.69) is 21.2 Å². The summed E-state index contributed by atoms with van der Waals surface area (Å²) in [6, 6.07) is 3.20. The van der Waals surface area contributed by atoms with E-state index in [0.29, 0.717) is 15.4 Å². The lowest BCUT2D eigenvalue weighted by molar-refractivity contribution is 0.372. The Morgan fingerprint density at radius 3 is 2.75 bits per heavy atom. The summed E-state index contributed by atoms with van der Waals surface area (Å²) >= 11 is 9.24. The number of rotatable bonds is 2. The van der Waals surface area contributed by atoms with Crippen molar-refractivity contribution in [2.24, 2.45) is 5.92 Å². The van der Waals surface area contributed by atoms with Crippen LogP contribution in [0.4, 0.5) is 4.39 Å². The summed E-state index contributed by atoms with van der Waals surface area (Å²) in [4.78, 5) is 0. The van der Waals surface area contributed by atoms with E-state index >= 15 is 0 Å². The average molecular weight is 307 g/mol. The number of benzene rings is 1. The van der Waals surface area contributed by atoms with E-state index in [9.17, 15) is 4.39 Å². The third kappa shape index (κ3) is 2.96. The molecule has 1 aromatic carbocycles. The maximum absolute atomic E-state index is 13.2. The minimum atomic E-state index is -0.293. The molecule has 16 heavy (non-hydrogen) atoms. The highest BCUT2D eigenvalue weighted by Crippen LogP contribution is 2.28. The number of hydrogen-bond donors (Lipinski definition) is 1. The van der Waals surface area contributed by atoms with E-state index in [-0.39, 0.29) is 5.82 Å². The highest BCUT2D eigenvalue weighted by Gasteiger charge is 2.16. The van der Waals surface area contributed by atoms with Gasteiger partial charge in [0, 0.05) is 5.02 Å². The third-order valence-corrected chi connectivity index (χ3v) is 4.02. The van der Waals surface area contributed by atoms with E-state index in [0.717, 1.165) is 25.1 Å². The Kier molecular flexibility index (Phi) is 4.22. The second kappa shape index (κ2) is 5.48. The summed E-state index contributed by atoms with van der Waals surface area (Å²) in [6.45, 7) is 2.15. The van der Waals surface area contributed by atoms with Gasteiger partial charge in [-0.25, -0.2) is 4.39 Å². The zero-order chi connectivity index (χ0) is 11.5. The van der Waals surface area contributed by atoms with Crippen molar-refractivity contribution >= 4 is 27.5 Å². The topological polar surface area (TPSA) is 12.0 Å². The third-order valence-electron chi connectivity index (χ3n) is 3.06. The van der Waals surface area contributed by atoms with Crippen molar-refractivity contribution in [3.05, 3.63) is 33.0 Å². The summed E-state index contributed by atoms with van der Waals surface area (Å²) in [5.41, 5.74) is 1.04. The van der Waals surface area contributed by atoms with Gasteiger partial charge >= 0.3 is 0 Å². The molecular weight excluding hydrogens is 292 g/mol. The number of halogens is 3. The molecular formula is C12H14BrClFN. The molecule has 1 saturated heterocycles. The summed E-state index contributed by atoms with van der Waals surface area (Å²) in [5.74, 6) is 0.371. The number of piperidine rings is 1. The molecule has 1 N–H and O–H groups in total. The predicted octanol–water partition coefficient (Wildman–Crippen LogP) is 3.78. The minimum Gasteiger partial charge on any atom is -0.317 e. The van der Waals surface area contributed by atoms with Gasteiger partial charge in [0.25, 0.3) is 0 Å². The van der Waals surface area contributed by atoms with Gasteiger partial charge in [0.1, 0.15) is 5.82 Å². The van der Waals surface area contributed by atoms with Gasteiger partial charge < -0.3 is 5.32 Å². The Morgan fingerprint density at radius 2 is 2.06 bits per heavy atom. The molecule has 1 aliphatic heterocycles. The van der Waals surface area contributed by atoms with Crippen LogP contribution in [0, 0.1) is 11.7 Å². The van der Waals surface area contributed by atoms with Gasteiger partial charge in [-0.1, -0.05) is 11.6 Å². The van der Waals surface area contributed by atoms with E-state index in [4.69, 9.17) is 11.6 Å². The van der Waals surface area contributed by atoms with Crippen LogP contribution in [0.5, 0.6) is 0 Å². The lowest BCUT2D eigenvalue weighted by Crippen LogP contribution is -2.28. The summed E-state index contributed by atoms with van der Waals surface area (Å²) < 4.78 is 13.7. The first-order valence-corrected chi connectivity index (χ1v) is 6.68. The molecule has 88 valence electrons. The molecule has 0 radical (unpaired) electrons. The predicted molar refractivity (Wildman–Crippen MR) is 68.4 cm³/mol. The Balaban J connectivity index is 2.11. The van der Waals surface area contributed by atoms with Crippen molar-refractivity contribution in [3.8, 4) is 0 Å². The van der Waals surface area contributed by atoms with Gasteiger partial charge in [-0.3, -0.25) is 0 Å². The van der Waals surface area contributed by atoms with Crippen LogP contribution in [0.15, 0.2) is 16.6 Å². The van der Waals surface area contributed by atoms with Crippen LogP contribution in [-0.4, -0.2) is 13.1 Å². The fourth-order valence-corrected chi connectivity index (χ4v) is 2.74. The van der Waals surface area contributed by atoms with Gasteiger partial charge in [-0.05, 0) is 71.9 Å². The monoisotopic (exact) mass is 305 g/mol. The SMILES string of the molecule is Fc1cc(Cl)c(CC2CCNCC2)cc1Br. The van der Waals surface area contributed by atoms with Gasteiger partial charge in [-0.15, -0.1) is 0 Å². The first kappa shape index (κ1) is 12.3. The zero-order valence-corrected chi connectivity index (χ0v) is 11.2. The van der Waals surface area contributed by atoms with Crippen LogP contribution in [0.2, 0.25) is 5.02 Å². The van der Waals surface area contributed by atoms with E-state index < -0.39 is 0 Å².